The van der Waals surface area contributed by atoms with Gasteiger partial charge in [-0.25, -0.2) is 8.42 Å². The number of nitrogens with one attached hydrogen (secondary N) is 1. The van der Waals surface area contributed by atoms with Gasteiger partial charge in [0.25, 0.3) is 0 Å². The van der Waals surface area contributed by atoms with Gasteiger partial charge >= 0.3 is 0 Å². The highest BCUT2D eigenvalue weighted by molar-refractivity contribution is 7.98. The van der Waals surface area contributed by atoms with E-state index >= 15 is 0 Å². The highest BCUT2D eigenvalue weighted by Crippen LogP contribution is 2.42. The molecule has 0 bridgehead atoms. The van der Waals surface area contributed by atoms with Crippen LogP contribution in [0.25, 0.3) is 10.9 Å². The lowest BCUT2D eigenvalue weighted by atomic mass is 9.94. The standard InChI is InChI=1S/C27H28N2O2S2/c1-17-15-18(2)27(19(3)16-17)33(30,31)29-14-13-23-22-7-5-6-8-24(22)28-25(23)26(29)20-9-11-21(32-4)12-10-20/h5-12,15-16,26,28H,13-14H2,1-4H3. The Morgan fingerprint density at radius 2 is 1.64 bits per heavy atom. The molecule has 6 heteroatoms. The Morgan fingerprint density at radius 1 is 0.970 bits per heavy atom. The molecule has 4 aromatic rings. The van der Waals surface area contributed by atoms with Gasteiger partial charge in [-0.05, 0) is 73.9 Å². The minimum atomic E-state index is -3.73. The van der Waals surface area contributed by atoms with Crippen LogP contribution in [0.15, 0.2) is 70.5 Å². The monoisotopic (exact) mass is 476 g/mol. The van der Waals surface area contributed by atoms with E-state index in [1.54, 1.807) is 16.1 Å². The molecule has 1 aliphatic heterocycles. The second-order valence-corrected chi connectivity index (χ2v) is 11.5. The summed E-state index contributed by atoms with van der Waals surface area (Å²) in [5.41, 5.74) is 6.89. The SMILES string of the molecule is CSc1ccc(C2c3[nH]c4ccccc4c3CCN2S(=O)(=O)c2c(C)cc(C)cc2C)cc1. The largest absolute Gasteiger partial charge is 0.357 e. The van der Waals surface area contributed by atoms with Gasteiger partial charge in [-0.2, -0.15) is 4.31 Å². The lowest BCUT2D eigenvalue weighted by Gasteiger charge is -2.36. The molecule has 0 aliphatic carbocycles. The molecular weight excluding hydrogens is 448 g/mol. The normalized spacial score (nSPS) is 16.8. The zero-order valence-electron chi connectivity index (χ0n) is 19.3. The predicted molar refractivity (Wildman–Crippen MR) is 137 cm³/mol. The third kappa shape index (κ3) is 3.70. The first-order valence-corrected chi connectivity index (χ1v) is 13.8. The second-order valence-electron chi connectivity index (χ2n) is 8.83. The van der Waals surface area contributed by atoms with Gasteiger partial charge < -0.3 is 4.98 Å². The minimum absolute atomic E-state index is 0.401. The van der Waals surface area contributed by atoms with Crippen molar-refractivity contribution in [1.29, 1.82) is 0 Å². The molecule has 1 unspecified atom stereocenters. The topological polar surface area (TPSA) is 53.2 Å². The molecule has 0 radical (unpaired) electrons. The Kier molecular flexibility index (Phi) is 5.63. The molecule has 2 heterocycles. The van der Waals surface area contributed by atoms with E-state index in [4.69, 9.17) is 0 Å². The Balaban J connectivity index is 1.72. The van der Waals surface area contributed by atoms with Crippen molar-refractivity contribution in [2.45, 2.75) is 43.0 Å². The number of benzene rings is 3. The van der Waals surface area contributed by atoms with Gasteiger partial charge in [0, 0.05) is 28.0 Å². The number of sulfonamides is 1. The van der Waals surface area contributed by atoms with Crippen molar-refractivity contribution in [2.75, 3.05) is 12.8 Å². The first-order chi connectivity index (χ1) is 15.8. The number of rotatable bonds is 4. The van der Waals surface area contributed by atoms with Crippen molar-refractivity contribution < 1.29 is 8.42 Å². The van der Waals surface area contributed by atoms with Gasteiger partial charge in [0.15, 0.2) is 0 Å². The Hall–Kier alpha value is -2.54. The summed E-state index contributed by atoms with van der Waals surface area (Å²) in [4.78, 5) is 5.16. The number of aromatic amines is 1. The quantitative estimate of drug-likeness (QED) is 0.359. The van der Waals surface area contributed by atoms with Crippen LogP contribution in [0.5, 0.6) is 0 Å². The number of H-pyrrole nitrogens is 1. The molecule has 1 N–H and O–H groups in total. The van der Waals surface area contributed by atoms with Crippen LogP contribution in [-0.2, 0) is 16.4 Å². The van der Waals surface area contributed by atoms with Gasteiger partial charge in [0.2, 0.25) is 10.0 Å². The van der Waals surface area contributed by atoms with Crippen molar-refractivity contribution in [3.8, 4) is 0 Å². The Bertz CT molecular complexity index is 1430. The Morgan fingerprint density at radius 3 is 2.30 bits per heavy atom. The van der Waals surface area contributed by atoms with Crippen LogP contribution < -0.4 is 0 Å². The molecule has 0 saturated carbocycles. The zero-order valence-corrected chi connectivity index (χ0v) is 21.0. The van der Waals surface area contributed by atoms with Gasteiger partial charge in [0.05, 0.1) is 10.9 Å². The molecule has 5 rings (SSSR count). The van der Waals surface area contributed by atoms with Gasteiger partial charge in [-0.3, -0.25) is 0 Å². The molecule has 0 saturated heterocycles. The maximum absolute atomic E-state index is 14.2. The molecule has 170 valence electrons. The van der Waals surface area contributed by atoms with E-state index in [9.17, 15) is 8.42 Å². The highest BCUT2D eigenvalue weighted by atomic mass is 32.2. The summed E-state index contributed by atoms with van der Waals surface area (Å²) in [5, 5.41) is 1.18. The zero-order chi connectivity index (χ0) is 23.3. The van der Waals surface area contributed by atoms with E-state index in [1.165, 1.54) is 10.9 Å². The summed E-state index contributed by atoms with van der Waals surface area (Å²) in [7, 11) is -3.73. The molecule has 33 heavy (non-hydrogen) atoms. The molecular formula is C27H28N2O2S2. The summed E-state index contributed by atoms with van der Waals surface area (Å²) in [6.45, 7) is 6.24. The van der Waals surface area contributed by atoms with Crippen LogP contribution in [0.2, 0.25) is 0 Å². The van der Waals surface area contributed by atoms with E-state index in [-0.39, 0.29) is 0 Å². The summed E-state index contributed by atoms with van der Waals surface area (Å²) in [6.07, 6.45) is 2.73. The van der Waals surface area contributed by atoms with Crippen molar-refractivity contribution in [3.63, 3.8) is 0 Å². The maximum atomic E-state index is 14.2. The number of fused-ring (bicyclic) bond motifs is 3. The second kappa shape index (κ2) is 8.35. The van der Waals surface area contributed by atoms with Crippen LogP contribution in [0.1, 0.15) is 39.6 Å². The van der Waals surface area contributed by atoms with Gasteiger partial charge in [0.1, 0.15) is 0 Å². The number of aromatic nitrogens is 1. The molecule has 1 aliphatic rings. The number of hydrogen-bond acceptors (Lipinski definition) is 3. The molecule has 0 spiro atoms. The van der Waals surface area contributed by atoms with E-state index in [0.717, 1.165) is 38.4 Å². The van der Waals surface area contributed by atoms with Crippen LogP contribution in [0, 0.1) is 20.8 Å². The molecule has 0 amide bonds. The van der Waals surface area contributed by atoms with Gasteiger partial charge in [-0.1, -0.05) is 48.0 Å². The average molecular weight is 477 g/mol. The maximum Gasteiger partial charge on any atom is 0.244 e. The van der Waals surface area contributed by atoms with E-state index in [0.29, 0.717) is 17.9 Å². The third-order valence-electron chi connectivity index (χ3n) is 6.59. The lowest BCUT2D eigenvalue weighted by molar-refractivity contribution is 0.340. The summed E-state index contributed by atoms with van der Waals surface area (Å²) >= 11 is 1.68. The first kappa shape index (κ1) is 22.3. The third-order valence-corrected chi connectivity index (χ3v) is 9.51. The molecule has 3 aromatic carbocycles. The highest BCUT2D eigenvalue weighted by Gasteiger charge is 2.40. The van der Waals surface area contributed by atoms with E-state index in [1.807, 2.05) is 51.3 Å². The minimum Gasteiger partial charge on any atom is -0.357 e. The van der Waals surface area contributed by atoms with Crippen molar-refractivity contribution >= 4 is 32.7 Å². The van der Waals surface area contributed by atoms with E-state index in [2.05, 4.69) is 41.4 Å². The number of nitrogens with zero attached hydrogens (tertiary/aromatic N) is 1. The van der Waals surface area contributed by atoms with Crippen LogP contribution in [0.3, 0.4) is 0 Å². The number of hydrogen-bond donors (Lipinski definition) is 1. The summed E-state index contributed by atoms with van der Waals surface area (Å²) in [5.74, 6) is 0. The lowest BCUT2D eigenvalue weighted by Crippen LogP contribution is -2.41. The molecule has 0 fully saturated rings. The fourth-order valence-corrected chi connectivity index (χ4v) is 7.70. The summed E-state index contributed by atoms with van der Waals surface area (Å²) < 4.78 is 30.1. The van der Waals surface area contributed by atoms with Crippen LogP contribution >= 0.6 is 11.8 Å². The first-order valence-electron chi connectivity index (χ1n) is 11.1. The fraction of sp³-hybridized carbons (Fsp3) is 0.259. The number of thioether (sulfide) groups is 1. The molecule has 1 atom stereocenters. The smallest absolute Gasteiger partial charge is 0.244 e. The predicted octanol–water partition coefficient (Wildman–Crippen LogP) is 6.15. The fourth-order valence-electron chi connectivity index (χ4n) is 5.29. The number of aryl methyl sites for hydroxylation is 3. The van der Waals surface area contributed by atoms with E-state index < -0.39 is 16.1 Å². The Labute approximate surface area is 200 Å². The van der Waals surface area contributed by atoms with Gasteiger partial charge in [-0.15, -0.1) is 11.8 Å². The molecule has 4 nitrogen and oxygen atoms in total. The van der Waals surface area contributed by atoms with Crippen LogP contribution in [0.4, 0.5) is 0 Å². The molecule has 1 aromatic heterocycles. The van der Waals surface area contributed by atoms with Crippen LogP contribution in [-0.4, -0.2) is 30.5 Å². The number of para-hydroxylation sites is 1. The van der Waals surface area contributed by atoms with Crippen molar-refractivity contribution in [1.82, 2.24) is 9.29 Å². The van der Waals surface area contributed by atoms with Crippen molar-refractivity contribution in [2.24, 2.45) is 0 Å². The summed E-state index contributed by atoms with van der Waals surface area (Å²) in [6, 6.07) is 20.0. The van der Waals surface area contributed by atoms with Crippen molar-refractivity contribution in [3.05, 3.63) is 94.2 Å². The average Bonchev–Trinajstić information content (AvgIpc) is 3.16.